The molecule has 0 aliphatic carbocycles. The molecule has 0 aromatic carbocycles. The van der Waals surface area contributed by atoms with Gasteiger partial charge in [0.05, 0.1) is 5.69 Å². The van der Waals surface area contributed by atoms with E-state index in [1.54, 1.807) is 16.8 Å². The number of nitrogens with one attached hydrogen (secondary N) is 1. The number of aryl methyl sites for hydroxylation is 1. The third kappa shape index (κ3) is 4.40. The second-order valence-corrected chi connectivity index (χ2v) is 3.82. The van der Waals surface area contributed by atoms with Crippen LogP contribution in [0.4, 0.5) is 5.69 Å². The Labute approximate surface area is 100 Å². The van der Waals surface area contributed by atoms with Gasteiger partial charge in [-0.15, -0.1) is 0 Å². The van der Waals surface area contributed by atoms with Crippen LogP contribution in [0, 0.1) is 0 Å². The van der Waals surface area contributed by atoms with Gasteiger partial charge < -0.3 is 15.0 Å². The van der Waals surface area contributed by atoms with Crippen molar-refractivity contribution in [2.24, 2.45) is 0 Å². The topological polar surface area (TPSA) is 71.3 Å². The average molecular weight is 238 g/mol. The number of carbonyl (C=O) groups excluding carboxylic acids is 1. The predicted octanol–water partition coefficient (Wildman–Crippen LogP) is 0.969. The first-order valence-corrected chi connectivity index (χ1v) is 5.78. The molecule has 0 spiro atoms. The maximum Gasteiger partial charge on any atom is 0.250 e. The minimum Gasteiger partial charge on any atom is -0.396 e. The van der Waals surface area contributed by atoms with Gasteiger partial charge in [0.1, 0.15) is 0 Å². The zero-order valence-corrected chi connectivity index (χ0v) is 9.98. The fourth-order valence-electron chi connectivity index (χ4n) is 1.48. The number of anilines is 1. The van der Waals surface area contributed by atoms with Crippen LogP contribution in [0.3, 0.4) is 0 Å². The highest BCUT2D eigenvalue weighted by atomic mass is 16.3. The molecule has 0 radical (unpaired) electrons. The normalized spacial score (nSPS) is 10.2. The molecule has 0 fully saturated rings. The Hall–Kier alpha value is -1.62. The first kappa shape index (κ1) is 13.4. The predicted molar refractivity (Wildman–Crippen MR) is 65.9 cm³/mol. The summed E-state index contributed by atoms with van der Waals surface area (Å²) in [6.45, 7) is 2.63. The van der Waals surface area contributed by atoms with E-state index in [0.717, 1.165) is 6.42 Å². The molecule has 1 heterocycles. The number of aliphatic hydroxyl groups excluding tert-OH is 1. The molecule has 0 atom stereocenters. The van der Waals surface area contributed by atoms with E-state index in [0.29, 0.717) is 18.7 Å². The lowest BCUT2D eigenvalue weighted by molar-refractivity contribution is -0.116. The molecule has 17 heavy (non-hydrogen) atoms. The van der Waals surface area contributed by atoms with Crippen LogP contribution in [-0.4, -0.2) is 22.2 Å². The van der Waals surface area contributed by atoms with E-state index in [1.807, 2.05) is 6.92 Å². The molecule has 0 aliphatic heterocycles. The number of hydrogen-bond donors (Lipinski definition) is 2. The molecule has 0 aliphatic rings. The Balaban J connectivity index is 2.68. The molecule has 1 aromatic heterocycles. The van der Waals surface area contributed by atoms with Crippen LogP contribution >= 0.6 is 0 Å². The van der Waals surface area contributed by atoms with E-state index in [1.165, 1.54) is 6.07 Å². The second kappa shape index (κ2) is 6.85. The van der Waals surface area contributed by atoms with Crippen molar-refractivity contribution in [3.63, 3.8) is 0 Å². The van der Waals surface area contributed by atoms with Gasteiger partial charge in [0, 0.05) is 31.8 Å². The van der Waals surface area contributed by atoms with Crippen molar-refractivity contribution in [2.45, 2.75) is 32.7 Å². The summed E-state index contributed by atoms with van der Waals surface area (Å²) < 4.78 is 1.57. The fourth-order valence-corrected chi connectivity index (χ4v) is 1.48. The van der Waals surface area contributed by atoms with Crippen molar-refractivity contribution < 1.29 is 9.90 Å². The van der Waals surface area contributed by atoms with E-state index in [-0.39, 0.29) is 24.5 Å². The van der Waals surface area contributed by atoms with Crippen LogP contribution in [0.5, 0.6) is 0 Å². The minimum atomic E-state index is -0.152. The van der Waals surface area contributed by atoms with Crippen molar-refractivity contribution in [1.82, 2.24) is 4.57 Å². The first-order valence-electron chi connectivity index (χ1n) is 5.78. The van der Waals surface area contributed by atoms with Crippen LogP contribution < -0.4 is 10.9 Å². The van der Waals surface area contributed by atoms with Crippen molar-refractivity contribution >= 4 is 11.6 Å². The number of nitrogens with zero attached hydrogens (tertiary/aromatic N) is 1. The molecule has 1 amide bonds. The minimum absolute atomic E-state index is 0.00273. The van der Waals surface area contributed by atoms with Crippen LogP contribution in [0.15, 0.2) is 23.1 Å². The summed E-state index contributed by atoms with van der Waals surface area (Å²) in [7, 11) is 0. The Bertz CT molecular complexity index is 426. The molecule has 0 unspecified atom stereocenters. The lowest BCUT2D eigenvalue weighted by atomic mass is 10.3. The first-order chi connectivity index (χ1) is 8.17. The van der Waals surface area contributed by atoms with Crippen molar-refractivity contribution in [1.29, 1.82) is 0 Å². The standard InChI is InChI=1S/C12H18N2O3/c1-2-7-14-9-10(5-6-12(14)17)13-11(16)4-3-8-15/h5-6,9,15H,2-4,7-8H2,1H3,(H,13,16). The Kier molecular flexibility index (Phi) is 5.42. The van der Waals surface area contributed by atoms with E-state index in [2.05, 4.69) is 5.32 Å². The summed E-state index contributed by atoms with van der Waals surface area (Å²) in [6.07, 6.45) is 3.23. The monoisotopic (exact) mass is 238 g/mol. The van der Waals surface area contributed by atoms with E-state index >= 15 is 0 Å². The number of hydrogen-bond acceptors (Lipinski definition) is 3. The van der Waals surface area contributed by atoms with Gasteiger partial charge in [0.15, 0.2) is 0 Å². The number of rotatable bonds is 6. The number of pyridine rings is 1. The number of carbonyl (C=O) groups is 1. The van der Waals surface area contributed by atoms with E-state index < -0.39 is 0 Å². The van der Waals surface area contributed by atoms with Gasteiger partial charge in [-0.3, -0.25) is 9.59 Å². The summed E-state index contributed by atoms with van der Waals surface area (Å²) in [5.41, 5.74) is 0.543. The number of aliphatic hydroxyl groups is 1. The molecule has 2 N–H and O–H groups in total. The molecule has 1 aromatic rings. The molecule has 0 saturated heterocycles. The Morgan fingerprint density at radius 3 is 2.88 bits per heavy atom. The summed E-state index contributed by atoms with van der Waals surface area (Å²) in [5, 5.41) is 11.3. The lowest BCUT2D eigenvalue weighted by Gasteiger charge is -2.08. The van der Waals surface area contributed by atoms with Crippen molar-refractivity contribution in [2.75, 3.05) is 11.9 Å². The highest BCUT2D eigenvalue weighted by Crippen LogP contribution is 2.05. The molecule has 5 heteroatoms. The van der Waals surface area contributed by atoms with Crippen LogP contribution in [0.1, 0.15) is 26.2 Å². The summed E-state index contributed by atoms with van der Waals surface area (Å²) in [4.78, 5) is 22.9. The summed E-state index contributed by atoms with van der Waals surface area (Å²) in [6, 6.07) is 3.03. The van der Waals surface area contributed by atoms with Gasteiger partial charge in [-0.05, 0) is 18.9 Å². The van der Waals surface area contributed by atoms with Gasteiger partial charge in [-0.2, -0.15) is 0 Å². The van der Waals surface area contributed by atoms with Gasteiger partial charge in [0.25, 0.3) is 5.56 Å². The second-order valence-electron chi connectivity index (χ2n) is 3.82. The van der Waals surface area contributed by atoms with E-state index in [9.17, 15) is 9.59 Å². The third-order valence-electron chi connectivity index (χ3n) is 2.29. The van der Waals surface area contributed by atoms with Gasteiger partial charge in [0.2, 0.25) is 5.91 Å². The van der Waals surface area contributed by atoms with Crippen LogP contribution in [-0.2, 0) is 11.3 Å². The van der Waals surface area contributed by atoms with E-state index in [4.69, 9.17) is 5.11 Å². The molecular formula is C12H18N2O3. The molecule has 0 saturated carbocycles. The largest absolute Gasteiger partial charge is 0.396 e. The van der Waals surface area contributed by atoms with Gasteiger partial charge >= 0.3 is 0 Å². The maximum atomic E-state index is 11.4. The van der Waals surface area contributed by atoms with Crippen molar-refractivity contribution in [3.05, 3.63) is 28.7 Å². The summed E-state index contributed by atoms with van der Waals surface area (Å²) in [5.74, 6) is -0.152. The third-order valence-corrected chi connectivity index (χ3v) is 2.29. The molecule has 1 rings (SSSR count). The van der Waals surface area contributed by atoms with Crippen LogP contribution in [0.2, 0.25) is 0 Å². The summed E-state index contributed by atoms with van der Waals surface area (Å²) >= 11 is 0. The Morgan fingerprint density at radius 2 is 2.24 bits per heavy atom. The van der Waals surface area contributed by atoms with Gasteiger partial charge in [-0.25, -0.2) is 0 Å². The zero-order chi connectivity index (χ0) is 12.7. The quantitative estimate of drug-likeness (QED) is 0.775. The molecule has 94 valence electrons. The van der Waals surface area contributed by atoms with Gasteiger partial charge in [-0.1, -0.05) is 6.92 Å². The average Bonchev–Trinajstić information content (AvgIpc) is 2.31. The lowest BCUT2D eigenvalue weighted by Crippen LogP contribution is -2.20. The fraction of sp³-hybridized carbons (Fsp3) is 0.500. The number of amides is 1. The molecule has 0 bridgehead atoms. The maximum absolute atomic E-state index is 11.4. The Morgan fingerprint density at radius 1 is 1.47 bits per heavy atom. The molecular weight excluding hydrogens is 220 g/mol. The smallest absolute Gasteiger partial charge is 0.250 e. The SMILES string of the molecule is CCCn1cc(NC(=O)CCCO)ccc1=O. The zero-order valence-electron chi connectivity index (χ0n) is 9.98. The number of aromatic nitrogens is 1. The highest BCUT2D eigenvalue weighted by Gasteiger charge is 2.03. The molecule has 5 nitrogen and oxygen atoms in total. The highest BCUT2D eigenvalue weighted by molar-refractivity contribution is 5.90. The van der Waals surface area contributed by atoms with Crippen LogP contribution in [0.25, 0.3) is 0 Å². The van der Waals surface area contributed by atoms with Crippen molar-refractivity contribution in [3.8, 4) is 0 Å².